The lowest BCUT2D eigenvalue weighted by Gasteiger charge is -2.14. The van der Waals surface area contributed by atoms with Gasteiger partial charge in [0.15, 0.2) is 6.10 Å². The molecule has 1 unspecified atom stereocenters. The van der Waals surface area contributed by atoms with Crippen LogP contribution in [0.3, 0.4) is 0 Å². The first-order valence-corrected chi connectivity index (χ1v) is 8.18. The van der Waals surface area contributed by atoms with Gasteiger partial charge >= 0.3 is 11.9 Å². The molecule has 0 aliphatic heterocycles. The highest BCUT2D eigenvalue weighted by Gasteiger charge is 2.23. The van der Waals surface area contributed by atoms with Gasteiger partial charge in [-0.3, -0.25) is 0 Å². The molecule has 1 aromatic carbocycles. The molecule has 2 rings (SSSR count). The summed E-state index contributed by atoms with van der Waals surface area (Å²) in [5.41, 5.74) is 1.07. The molecule has 1 aromatic heterocycles. The Morgan fingerprint density at radius 1 is 1.12 bits per heavy atom. The van der Waals surface area contributed by atoms with Gasteiger partial charge in [-0.25, -0.2) is 9.59 Å². The molecule has 0 amide bonds. The molecule has 0 bridgehead atoms. The summed E-state index contributed by atoms with van der Waals surface area (Å²) in [6, 6.07) is 9.10. The zero-order valence-electron chi connectivity index (χ0n) is 14.0. The van der Waals surface area contributed by atoms with Crippen LogP contribution in [0.5, 0.6) is 0 Å². The van der Waals surface area contributed by atoms with Gasteiger partial charge in [0.2, 0.25) is 0 Å². The number of rotatable bonds is 8. The zero-order valence-corrected chi connectivity index (χ0v) is 14.0. The van der Waals surface area contributed by atoms with Gasteiger partial charge in [0.1, 0.15) is 5.69 Å². The average molecular weight is 333 g/mol. The van der Waals surface area contributed by atoms with E-state index in [2.05, 4.69) is 0 Å². The summed E-state index contributed by atoms with van der Waals surface area (Å²) in [5, 5.41) is 11.0. The van der Waals surface area contributed by atoms with Gasteiger partial charge in [-0.15, -0.1) is 0 Å². The first-order chi connectivity index (χ1) is 11.6. The van der Waals surface area contributed by atoms with Crippen molar-refractivity contribution in [3.8, 4) is 0 Å². The molecule has 24 heavy (non-hydrogen) atoms. The van der Waals surface area contributed by atoms with Crippen molar-refractivity contribution in [3.63, 3.8) is 0 Å². The quantitative estimate of drug-likeness (QED) is 0.751. The van der Waals surface area contributed by atoms with Gasteiger partial charge in [0.25, 0.3) is 0 Å². The van der Waals surface area contributed by atoms with Crippen LogP contribution < -0.4 is 0 Å². The topological polar surface area (TPSA) is 77.8 Å². The van der Waals surface area contributed by atoms with Crippen LogP contribution in [0, 0.1) is 0 Å². The van der Waals surface area contributed by atoms with Gasteiger partial charge in [0.05, 0.1) is 19.8 Å². The Balaban J connectivity index is 2.29. The highest BCUT2D eigenvalue weighted by molar-refractivity contribution is 5.95. The molecule has 0 saturated heterocycles. The number of hydrogen-bond donors (Lipinski definition) is 1. The average Bonchev–Trinajstić information content (AvgIpc) is 2.96. The molecular formula is C18H23NO5. The lowest BCUT2D eigenvalue weighted by atomic mass is 10.2. The number of nitrogens with zero attached hydrogens (tertiary/aromatic N) is 1. The van der Waals surface area contributed by atoms with E-state index in [4.69, 9.17) is 9.47 Å². The van der Waals surface area contributed by atoms with E-state index in [9.17, 15) is 14.7 Å². The lowest BCUT2D eigenvalue weighted by Crippen LogP contribution is -2.29. The molecule has 0 aliphatic rings. The van der Waals surface area contributed by atoms with Crippen LogP contribution in [-0.4, -0.2) is 40.9 Å². The number of aliphatic hydroxyl groups is 1. The largest absolute Gasteiger partial charge is 0.464 e. The molecule has 6 nitrogen and oxygen atoms in total. The summed E-state index contributed by atoms with van der Waals surface area (Å²) in [4.78, 5) is 24.1. The van der Waals surface area contributed by atoms with E-state index >= 15 is 0 Å². The molecule has 0 aliphatic carbocycles. The monoisotopic (exact) mass is 333 g/mol. The number of aromatic nitrogens is 1. The molecule has 0 radical (unpaired) electrons. The number of benzene rings is 1. The van der Waals surface area contributed by atoms with Crippen molar-refractivity contribution < 1.29 is 24.2 Å². The van der Waals surface area contributed by atoms with E-state index in [0.717, 1.165) is 17.3 Å². The van der Waals surface area contributed by atoms with Gasteiger partial charge < -0.3 is 19.1 Å². The Morgan fingerprint density at radius 3 is 2.50 bits per heavy atom. The van der Waals surface area contributed by atoms with Crippen LogP contribution in [0.15, 0.2) is 30.3 Å². The second-order valence-electron chi connectivity index (χ2n) is 5.52. The smallest absolute Gasteiger partial charge is 0.354 e. The third-order valence-corrected chi connectivity index (χ3v) is 3.53. The van der Waals surface area contributed by atoms with Crippen LogP contribution in [0.1, 0.15) is 37.2 Å². The third-order valence-electron chi connectivity index (χ3n) is 3.53. The van der Waals surface area contributed by atoms with E-state index < -0.39 is 18.0 Å². The molecule has 1 atom stereocenters. The van der Waals surface area contributed by atoms with Crippen molar-refractivity contribution in [2.75, 3.05) is 13.2 Å². The number of carbonyl (C=O) groups excluding carboxylic acids is 2. The van der Waals surface area contributed by atoms with Crippen molar-refractivity contribution in [3.05, 3.63) is 36.0 Å². The molecule has 2 aromatic rings. The SMILES string of the molecule is CCCOC(=O)c1cc2ccccc2n1CC(O)C(=O)OCCC. The van der Waals surface area contributed by atoms with Crippen LogP contribution in [-0.2, 0) is 20.8 Å². The highest BCUT2D eigenvalue weighted by atomic mass is 16.5. The molecule has 1 heterocycles. The summed E-state index contributed by atoms with van der Waals surface area (Å²) >= 11 is 0. The summed E-state index contributed by atoms with van der Waals surface area (Å²) < 4.78 is 11.8. The van der Waals surface area contributed by atoms with E-state index in [1.807, 2.05) is 38.1 Å². The maximum absolute atomic E-state index is 12.3. The first kappa shape index (κ1) is 18.0. The molecule has 0 saturated carbocycles. The van der Waals surface area contributed by atoms with Gasteiger partial charge in [-0.05, 0) is 25.0 Å². The van der Waals surface area contributed by atoms with Crippen molar-refractivity contribution in [2.24, 2.45) is 0 Å². The fourth-order valence-electron chi connectivity index (χ4n) is 2.39. The minimum Gasteiger partial charge on any atom is -0.464 e. The predicted molar refractivity (Wildman–Crippen MR) is 89.8 cm³/mol. The summed E-state index contributed by atoms with van der Waals surface area (Å²) in [5.74, 6) is -1.16. The van der Waals surface area contributed by atoms with Gasteiger partial charge in [0, 0.05) is 10.9 Å². The fraction of sp³-hybridized carbons (Fsp3) is 0.444. The number of carbonyl (C=O) groups is 2. The minimum absolute atomic E-state index is 0.0629. The maximum Gasteiger partial charge on any atom is 0.354 e. The Hall–Kier alpha value is -2.34. The second-order valence-corrected chi connectivity index (χ2v) is 5.52. The van der Waals surface area contributed by atoms with Gasteiger partial charge in [-0.1, -0.05) is 32.0 Å². The maximum atomic E-state index is 12.3. The van der Waals surface area contributed by atoms with Crippen molar-refractivity contribution in [1.82, 2.24) is 4.57 Å². The number of hydrogen-bond acceptors (Lipinski definition) is 5. The number of fused-ring (bicyclic) bond motifs is 1. The van der Waals surface area contributed by atoms with Crippen LogP contribution in [0.25, 0.3) is 10.9 Å². The van der Waals surface area contributed by atoms with Crippen molar-refractivity contribution >= 4 is 22.8 Å². The molecular weight excluding hydrogens is 310 g/mol. The van der Waals surface area contributed by atoms with E-state index in [0.29, 0.717) is 18.7 Å². The Bertz CT molecular complexity index is 706. The fourth-order valence-corrected chi connectivity index (χ4v) is 2.39. The lowest BCUT2D eigenvalue weighted by molar-refractivity contribution is -0.154. The third kappa shape index (κ3) is 4.14. The van der Waals surface area contributed by atoms with E-state index in [1.165, 1.54) is 0 Å². The number of esters is 2. The highest BCUT2D eigenvalue weighted by Crippen LogP contribution is 2.21. The second kappa shape index (κ2) is 8.49. The Kier molecular flexibility index (Phi) is 6.37. The van der Waals surface area contributed by atoms with Crippen LogP contribution in [0.4, 0.5) is 0 Å². The molecule has 0 fully saturated rings. The Labute approximate surface area is 141 Å². The molecule has 130 valence electrons. The molecule has 1 N–H and O–H groups in total. The van der Waals surface area contributed by atoms with Gasteiger partial charge in [-0.2, -0.15) is 0 Å². The predicted octanol–water partition coefficient (Wildman–Crippen LogP) is 2.52. The molecule has 6 heteroatoms. The van der Waals surface area contributed by atoms with E-state index in [-0.39, 0.29) is 13.2 Å². The van der Waals surface area contributed by atoms with Crippen molar-refractivity contribution in [1.29, 1.82) is 0 Å². The first-order valence-electron chi connectivity index (χ1n) is 8.18. The van der Waals surface area contributed by atoms with Crippen molar-refractivity contribution in [2.45, 2.75) is 39.3 Å². The Morgan fingerprint density at radius 2 is 1.79 bits per heavy atom. The number of ether oxygens (including phenoxy) is 2. The number of aliphatic hydroxyl groups excluding tert-OH is 1. The summed E-state index contributed by atoms with van der Waals surface area (Å²) in [6.07, 6.45) is 0.0577. The standard InChI is InChI=1S/C18H23NO5/c1-3-9-23-17(21)15-11-13-7-5-6-8-14(13)19(15)12-16(20)18(22)24-10-4-2/h5-8,11,16,20H,3-4,9-10,12H2,1-2H3. The zero-order chi connectivity index (χ0) is 17.5. The summed E-state index contributed by atoms with van der Waals surface area (Å²) in [6.45, 7) is 4.30. The van der Waals surface area contributed by atoms with E-state index in [1.54, 1.807) is 10.6 Å². The van der Waals surface area contributed by atoms with Crippen LogP contribution in [0.2, 0.25) is 0 Å². The van der Waals surface area contributed by atoms with Crippen LogP contribution >= 0.6 is 0 Å². The summed E-state index contributed by atoms with van der Waals surface area (Å²) in [7, 11) is 0. The molecule has 0 spiro atoms. The minimum atomic E-state index is -1.34. The normalized spacial score (nSPS) is 12.1. The number of para-hydroxylation sites is 1.